The SMILES string of the molecule is C#Cc1cc(C#C)nc(Cl)n1. The molecular weight excluding hydrogens is 160 g/mol. The second kappa shape index (κ2) is 3.05. The monoisotopic (exact) mass is 162 g/mol. The van der Waals surface area contributed by atoms with Crippen LogP contribution >= 0.6 is 11.6 Å². The van der Waals surface area contributed by atoms with Gasteiger partial charge < -0.3 is 0 Å². The molecule has 1 heterocycles. The Balaban J connectivity index is 3.28. The van der Waals surface area contributed by atoms with Crippen LogP contribution in [-0.4, -0.2) is 9.97 Å². The van der Waals surface area contributed by atoms with Gasteiger partial charge in [0.2, 0.25) is 5.28 Å². The number of hydrogen-bond acceptors (Lipinski definition) is 2. The maximum atomic E-state index is 5.49. The molecule has 0 unspecified atom stereocenters. The topological polar surface area (TPSA) is 25.8 Å². The van der Waals surface area contributed by atoms with Gasteiger partial charge in [-0.25, -0.2) is 9.97 Å². The summed E-state index contributed by atoms with van der Waals surface area (Å²) in [6, 6.07) is 1.52. The number of terminal acetylenes is 2. The first-order chi connectivity index (χ1) is 5.26. The minimum atomic E-state index is 0.0772. The number of nitrogens with zero attached hydrogens (tertiary/aromatic N) is 2. The van der Waals surface area contributed by atoms with Crippen LogP contribution in [-0.2, 0) is 0 Å². The van der Waals surface area contributed by atoms with Gasteiger partial charge in [-0.15, -0.1) is 12.8 Å². The number of hydrogen-bond donors (Lipinski definition) is 0. The molecule has 0 atom stereocenters. The average molecular weight is 163 g/mol. The molecule has 0 spiro atoms. The van der Waals surface area contributed by atoms with Crippen LogP contribution in [0, 0.1) is 24.7 Å². The van der Waals surface area contributed by atoms with Gasteiger partial charge in [-0.05, 0) is 11.6 Å². The maximum Gasteiger partial charge on any atom is 0.224 e. The highest BCUT2D eigenvalue weighted by Crippen LogP contribution is 2.03. The van der Waals surface area contributed by atoms with Crippen molar-refractivity contribution in [3.63, 3.8) is 0 Å². The van der Waals surface area contributed by atoms with Crippen LogP contribution in [0.4, 0.5) is 0 Å². The lowest BCUT2D eigenvalue weighted by Gasteiger charge is -1.92. The summed E-state index contributed by atoms with van der Waals surface area (Å²) in [5.41, 5.74) is 0.802. The summed E-state index contributed by atoms with van der Waals surface area (Å²) in [5.74, 6) is 4.62. The Morgan fingerprint density at radius 2 is 1.64 bits per heavy atom. The fourth-order valence-electron chi connectivity index (χ4n) is 0.566. The van der Waals surface area contributed by atoms with Crippen LogP contribution in [0.5, 0.6) is 0 Å². The van der Waals surface area contributed by atoms with Crippen molar-refractivity contribution in [2.75, 3.05) is 0 Å². The highest BCUT2D eigenvalue weighted by atomic mass is 35.5. The second-order valence-corrected chi connectivity index (χ2v) is 2.03. The lowest BCUT2D eigenvalue weighted by molar-refractivity contribution is 1.13. The molecule has 0 aromatic carbocycles. The fourth-order valence-corrected chi connectivity index (χ4v) is 0.748. The van der Waals surface area contributed by atoms with Crippen molar-refractivity contribution in [2.24, 2.45) is 0 Å². The summed E-state index contributed by atoms with van der Waals surface area (Å²) < 4.78 is 0. The fraction of sp³-hybridized carbons (Fsp3) is 0. The highest BCUT2D eigenvalue weighted by Gasteiger charge is 1.96. The van der Waals surface area contributed by atoms with E-state index in [-0.39, 0.29) is 5.28 Å². The molecule has 0 fully saturated rings. The van der Waals surface area contributed by atoms with Crippen molar-refractivity contribution in [1.82, 2.24) is 9.97 Å². The van der Waals surface area contributed by atoms with Crippen molar-refractivity contribution in [3.05, 3.63) is 22.7 Å². The van der Waals surface area contributed by atoms with Crippen molar-refractivity contribution in [3.8, 4) is 24.7 Å². The Morgan fingerprint density at radius 3 is 2.00 bits per heavy atom. The zero-order valence-corrected chi connectivity index (χ0v) is 6.26. The maximum absolute atomic E-state index is 5.49. The summed E-state index contributed by atoms with van der Waals surface area (Å²) >= 11 is 5.49. The molecular formula is C8H3ClN2. The van der Waals surface area contributed by atoms with E-state index in [2.05, 4.69) is 21.8 Å². The van der Waals surface area contributed by atoms with E-state index in [1.807, 2.05) is 0 Å². The third kappa shape index (κ3) is 1.70. The average Bonchev–Trinajstić information content (AvgIpc) is 2.03. The molecule has 0 N–H and O–H groups in total. The predicted octanol–water partition coefficient (Wildman–Crippen LogP) is 1.09. The third-order valence-electron chi connectivity index (χ3n) is 0.995. The van der Waals surface area contributed by atoms with Crippen molar-refractivity contribution < 1.29 is 0 Å². The molecule has 52 valence electrons. The van der Waals surface area contributed by atoms with Gasteiger partial charge in [0, 0.05) is 6.07 Å². The largest absolute Gasteiger partial charge is 0.224 e. The van der Waals surface area contributed by atoms with Gasteiger partial charge in [-0.3, -0.25) is 0 Å². The number of aromatic nitrogens is 2. The lowest BCUT2D eigenvalue weighted by Crippen LogP contribution is -1.90. The Kier molecular flexibility index (Phi) is 2.11. The molecule has 2 nitrogen and oxygen atoms in total. The summed E-state index contributed by atoms with van der Waals surface area (Å²) in [4.78, 5) is 7.45. The van der Waals surface area contributed by atoms with Crippen LogP contribution in [0.25, 0.3) is 0 Å². The lowest BCUT2D eigenvalue weighted by atomic mass is 10.3. The molecule has 0 aliphatic heterocycles. The van der Waals surface area contributed by atoms with E-state index in [4.69, 9.17) is 24.4 Å². The summed E-state index contributed by atoms with van der Waals surface area (Å²) in [6.45, 7) is 0. The number of halogens is 1. The summed E-state index contributed by atoms with van der Waals surface area (Å²) in [5, 5.41) is 0.0772. The molecule has 0 bridgehead atoms. The molecule has 0 aliphatic rings. The standard InChI is InChI=1S/C8H3ClN2/c1-3-6-5-7(4-2)11-8(9)10-6/h1-2,5H. The molecule has 11 heavy (non-hydrogen) atoms. The van der Waals surface area contributed by atoms with Crippen LogP contribution in [0.2, 0.25) is 5.28 Å². The molecule has 1 aromatic rings. The zero-order valence-electron chi connectivity index (χ0n) is 5.50. The van der Waals surface area contributed by atoms with E-state index in [1.165, 1.54) is 6.07 Å². The minimum Gasteiger partial charge on any atom is -0.209 e. The molecule has 1 aromatic heterocycles. The first-order valence-electron chi connectivity index (χ1n) is 2.74. The Hall–Kier alpha value is -1.51. The molecule has 0 saturated carbocycles. The first-order valence-corrected chi connectivity index (χ1v) is 3.12. The Bertz CT molecular complexity index is 325. The quantitative estimate of drug-likeness (QED) is 0.422. The molecule has 3 heteroatoms. The van der Waals surface area contributed by atoms with Gasteiger partial charge >= 0.3 is 0 Å². The molecule has 0 aliphatic carbocycles. The van der Waals surface area contributed by atoms with Gasteiger partial charge in [0.05, 0.1) is 0 Å². The Labute approximate surface area is 69.6 Å². The summed E-state index contributed by atoms with van der Waals surface area (Å²) in [7, 11) is 0. The van der Waals surface area contributed by atoms with Gasteiger partial charge in [0.1, 0.15) is 11.4 Å². The van der Waals surface area contributed by atoms with Gasteiger partial charge in [-0.1, -0.05) is 11.8 Å². The number of rotatable bonds is 0. The van der Waals surface area contributed by atoms with E-state index in [1.54, 1.807) is 0 Å². The van der Waals surface area contributed by atoms with Crippen molar-refractivity contribution in [1.29, 1.82) is 0 Å². The van der Waals surface area contributed by atoms with E-state index in [0.29, 0.717) is 11.4 Å². The predicted molar refractivity (Wildman–Crippen MR) is 42.9 cm³/mol. The van der Waals surface area contributed by atoms with E-state index >= 15 is 0 Å². The molecule has 1 rings (SSSR count). The van der Waals surface area contributed by atoms with Gasteiger partial charge in [0.15, 0.2) is 0 Å². The minimum absolute atomic E-state index is 0.0772. The molecule has 0 radical (unpaired) electrons. The van der Waals surface area contributed by atoms with Crippen LogP contribution in [0.15, 0.2) is 6.07 Å². The van der Waals surface area contributed by atoms with Gasteiger partial charge in [0.25, 0.3) is 0 Å². The van der Waals surface area contributed by atoms with Gasteiger partial charge in [-0.2, -0.15) is 0 Å². The normalized spacial score (nSPS) is 8.27. The van der Waals surface area contributed by atoms with Crippen LogP contribution in [0.1, 0.15) is 11.4 Å². The van der Waals surface area contributed by atoms with Crippen molar-refractivity contribution in [2.45, 2.75) is 0 Å². The van der Waals surface area contributed by atoms with Crippen LogP contribution in [0.3, 0.4) is 0 Å². The van der Waals surface area contributed by atoms with E-state index in [0.717, 1.165) is 0 Å². The summed E-state index contributed by atoms with van der Waals surface area (Å²) in [6.07, 6.45) is 10.1. The zero-order chi connectivity index (χ0) is 8.27. The van der Waals surface area contributed by atoms with Crippen LogP contribution < -0.4 is 0 Å². The van der Waals surface area contributed by atoms with E-state index in [9.17, 15) is 0 Å². The second-order valence-electron chi connectivity index (χ2n) is 1.70. The first kappa shape index (κ1) is 7.60. The van der Waals surface area contributed by atoms with E-state index < -0.39 is 0 Å². The highest BCUT2D eigenvalue weighted by molar-refractivity contribution is 6.28. The van der Waals surface area contributed by atoms with Crippen molar-refractivity contribution >= 4 is 11.6 Å². The Morgan fingerprint density at radius 1 is 1.18 bits per heavy atom. The third-order valence-corrected chi connectivity index (χ3v) is 1.16. The molecule has 0 saturated heterocycles. The smallest absolute Gasteiger partial charge is 0.209 e. The molecule has 0 amide bonds.